The van der Waals surface area contributed by atoms with E-state index in [0.717, 1.165) is 0 Å². The molecule has 1 saturated carbocycles. The van der Waals surface area contributed by atoms with Gasteiger partial charge in [0.15, 0.2) is 0 Å². The van der Waals surface area contributed by atoms with Gasteiger partial charge in [-0.2, -0.15) is 13.2 Å². The zero-order chi connectivity index (χ0) is 14.0. The Kier molecular flexibility index (Phi) is 3.91. The molecule has 0 radical (unpaired) electrons. The number of ketones is 1. The Hall–Kier alpha value is -1.40. The molecule has 0 bridgehead atoms. The summed E-state index contributed by atoms with van der Waals surface area (Å²) in [5.74, 6) is -1.53. The van der Waals surface area contributed by atoms with Gasteiger partial charge in [-0.15, -0.1) is 5.10 Å². The maximum Gasteiger partial charge on any atom is 0.391 e. The Labute approximate surface area is 109 Å². The van der Waals surface area contributed by atoms with Crippen molar-refractivity contribution in [3.8, 4) is 0 Å². The van der Waals surface area contributed by atoms with Crippen LogP contribution < -0.4 is 0 Å². The number of nitrogens with zero attached hydrogens (tertiary/aromatic N) is 3. The van der Waals surface area contributed by atoms with E-state index in [1.807, 2.05) is 0 Å². The van der Waals surface area contributed by atoms with Crippen molar-refractivity contribution in [2.24, 2.45) is 18.9 Å². The van der Waals surface area contributed by atoms with E-state index in [1.165, 1.54) is 4.68 Å². The largest absolute Gasteiger partial charge is 0.391 e. The average Bonchev–Trinajstić information content (AvgIpc) is 2.74. The number of rotatable bonds is 3. The maximum absolute atomic E-state index is 12.5. The number of hydrogen-bond donors (Lipinski definition) is 0. The number of halogens is 3. The van der Waals surface area contributed by atoms with Crippen LogP contribution in [0.1, 0.15) is 31.4 Å². The van der Waals surface area contributed by atoms with E-state index >= 15 is 0 Å². The summed E-state index contributed by atoms with van der Waals surface area (Å²) in [7, 11) is 1.70. The topological polar surface area (TPSA) is 47.8 Å². The van der Waals surface area contributed by atoms with Gasteiger partial charge in [0.25, 0.3) is 0 Å². The van der Waals surface area contributed by atoms with Gasteiger partial charge in [-0.1, -0.05) is 5.21 Å². The van der Waals surface area contributed by atoms with Gasteiger partial charge in [-0.05, 0) is 25.7 Å². The van der Waals surface area contributed by atoms with Gasteiger partial charge in [-0.3, -0.25) is 9.48 Å². The highest BCUT2D eigenvalue weighted by Crippen LogP contribution is 2.39. The number of aromatic nitrogens is 3. The lowest BCUT2D eigenvalue weighted by Crippen LogP contribution is -2.30. The minimum absolute atomic E-state index is 0.0267. The standard InChI is InChI=1S/C12H16F3N3O/c1-18-7-10(16-17-18)6-11(19)8-2-4-9(5-3-8)12(13,14)15/h7-9H,2-6H2,1H3. The summed E-state index contributed by atoms with van der Waals surface area (Å²) in [4.78, 5) is 12.0. The lowest BCUT2D eigenvalue weighted by molar-refractivity contribution is -0.184. The first kappa shape index (κ1) is 14.0. The van der Waals surface area contributed by atoms with Crippen LogP contribution in [0.3, 0.4) is 0 Å². The first-order chi connectivity index (χ1) is 8.86. The molecule has 0 atom stereocenters. The Morgan fingerprint density at radius 3 is 2.47 bits per heavy atom. The van der Waals surface area contributed by atoms with Gasteiger partial charge in [-0.25, -0.2) is 0 Å². The van der Waals surface area contributed by atoms with Crippen LogP contribution in [0.4, 0.5) is 13.2 Å². The van der Waals surface area contributed by atoms with Crippen LogP contribution in [0.2, 0.25) is 0 Å². The number of hydrogen-bond acceptors (Lipinski definition) is 3. The maximum atomic E-state index is 12.5. The second-order valence-electron chi connectivity index (χ2n) is 5.12. The van der Waals surface area contributed by atoms with E-state index in [1.54, 1.807) is 13.2 Å². The Morgan fingerprint density at radius 2 is 2.00 bits per heavy atom. The van der Waals surface area contributed by atoms with E-state index in [4.69, 9.17) is 0 Å². The summed E-state index contributed by atoms with van der Waals surface area (Å²) < 4.78 is 39.0. The van der Waals surface area contributed by atoms with E-state index in [2.05, 4.69) is 10.3 Å². The van der Waals surface area contributed by atoms with Crippen LogP contribution >= 0.6 is 0 Å². The number of carbonyl (C=O) groups is 1. The van der Waals surface area contributed by atoms with Crippen LogP contribution in [0.25, 0.3) is 0 Å². The molecule has 0 saturated heterocycles. The molecule has 0 aliphatic heterocycles. The molecule has 19 heavy (non-hydrogen) atoms. The van der Waals surface area contributed by atoms with Gasteiger partial charge >= 0.3 is 6.18 Å². The zero-order valence-corrected chi connectivity index (χ0v) is 10.7. The summed E-state index contributed by atoms with van der Waals surface area (Å²) in [6, 6.07) is 0. The van der Waals surface area contributed by atoms with Crippen LogP contribution in [0, 0.1) is 11.8 Å². The van der Waals surface area contributed by atoms with Crippen molar-refractivity contribution in [1.82, 2.24) is 15.0 Å². The first-order valence-electron chi connectivity index (χ1n) is 6.31. The molecule has 0 unspecified atom stereocenters. The molecule has 2 rings (SSSR count). The van der Waals surface area contributed by atoms with Crippen LogP contribution in [-0.2, 0) is 18.3 Å². The van der Waals surface area contributed by atoms with Crippen molar-refractivity contribution in [2.75, 3.05) is 0 Å². The third kappa shape index (κ3) is 3.54. The van der Waals surface area contributed by atoms with Crippen LogP contribution in [0.5, 0.6) is 0 Å². The summed E-state index contributed by atoms with van der Waals surface area (Å²) in [6.45, 7) is 0. The van der Waals surface area contributed by atoms with E-state index in [-0.39, 0.29) is 31.0 Å². The second-order valence-corrected chi connectivity index (χ2v) is 5.12. The fraction of sp³-hybridized carbons (Fsp3) is 0.750. The smallest absolute Gasteiger partial charge is 0.299 e. The summed E-state index contributed by atoms with van der Waals surface area (Å²) in [5.41, 5.74) is 0.574. The fourth-order valence-corrected chi connectivity index (χ4v) is 2.54. The minimum atomic E-state index is -4.13. The zero-order valence-electron chi connectivity index (χ0n) is 10.7. The number of aryl methyl sites for hydroxylation is 1. The van der Waals surface area contributed by atoms with Crippen LogP contribution in [0.15, 0.2) is 6.20 Å². The average molecular weight is 275 g/mol. The molecule has 0 aromatic carbocycles. The lowest BCUT2D eigenvalue weighted by atomic mass is 9.79. The van der Waals surface area contributed by atoms with Crippen LogP contribution in [-0.4, -0.2) is 27.0 Å². The highest BCUT2D eigenvalue weighted by Gasteiger charge is 2.42. The summed E-state index contributed by atoms with van der Waals surface area (Å²) >= 11 is 0. The fourth-order valence-electron chi connectivity index (χ4n) is 2.54. The van der Waals surface area contributed by atoms with Crippen molar-refractivity contribution in [1.29, 1.82) is 0 Å². The first-order valence-corrected chi connectivity index (χ1v) is 6.31. The summed E-state index contributed by atoms with van der Waals surface area (Å²) in [5, 5.41) is 7.54. The van der Waals surface area contributed by atoms with Gasteiger partial charge in [0.1, 0.15) is 5.78 Å². The molecule has 0 amide bonds. The van der Waals surface area contributed by atoms with E-state index in [0.29, 0.717) is 18.5 Å². The van der Waals surface area contributed by atoms with Crippen molar-refractivity contribution < 1.29 is 18.0 Å². The number of carbonyl (C=O) groups excluding carboxylic acids is 1. The molecule has 1 aliphatic carbocycles. The molecule has 0 spiro atoms. The highest BCUT2D eigenvalue weighted by atomic mass is 19.4. The predicted molar refractivity (Wildman–Crippen MR) is 61.2 cm³/mol. The van der Waals surface area contributed by atoms with Gasteiger partial charge < -0.3 is 0 Å². The highest BCUT2D eigenvalue weighted by molar-refractivity contribution is 5.82. The molecule has 1 aliphatic rings. The van der Waals surface area contributed by atoms with Crippen molar-refractivity contribution in [3.05, 3.63) is 11.9 Å². The third-order valence-corrected chi connectivity index (χ3v) is 3.65. The number of Topliss-reactive ketones (excluding diaryl/α,β-unsaturated/α-hetero) is 1. The minimum Gasteiger partial charge on any atom is -0.299 e. The predicted octanol–water partition coefficient (Wildman–Crippen LogP) is 2.30. The molecule has 106 valence electrons. The molecule has 4 nitrogen and oxygen atoms in total. The molecule has 7 heteroatoms. The van der Waals surface area contributed by atoms with Gasteiger partial charge in [0, 0.05) is 19.2 Å². The molecule has 0 N–H and O–H groups in total. The molecular weight excluding hydrogens is 259 g/mol. The Bertz CT molecular complexity index is 447. The van der Waals surface area contributed by atoms with Gasteiger partial charge in [0.2, 0.25) is 0 Å². The normalized spacial score (nSPS) is 24.4. The monoisotopic (exact) mass is 275 g/mol. The molecular formula is C12H16F3N3O. The SMILES string of the molecule is Cn1cc(CC(=O)C2CCC(C(F)(F)F)CC2)nn1. The van der Waals surface area contributed by atoms with Gasteiger partial charge in [0.05, 0.1) is 18.0 Å². The van der Waals surface area contributed by atoms with Crippen molar-refractivity contribution in [3.63, 3.8) is 0 Å². The second kappa shape index (κ2) is 5.30. The molecule has 1 aromatic heterocycles. The quantitative estimate of drug-likeness (QED) is 0.850. The number of alkyl halides is 3. The van der Waals surface area contributed by atoms with Crippen molar-refractivity contribution >= 4 is 5.78 Å². The molecule has 1 heterocycles. The van der Waals surface area contributed by atoms with E-state index in [9.17, 15) is 18.0 Å². The Morgan fingerprint density at radius 1 is 1.37 bits per heavy atom. The molecule has 1 aromatic rings. The Balaban J connectivity index is 1.86. The summed E-state index contributed by atoms with van der Waals surface area (Å²) in [6.07, 6.45) is -1.55. The lowest BCUT2D eigenvalue weighted by Gasteiger charge is -2.28. The third-order valence-electron chi connectivity index (χ3n) is 3.65. The van der Waals surface area contributed by atoms with E-state index < -0.39 is 12.1 Å². The molecule has 1 fully saturated rings. The van der Waals surface area contributed by atoms with Crippen molar-refractivity contribution in [2.45, 2.75) is 38.3 Å².